The van der Waals surface area contributed by atoms with Crippen LogP contribution in [0.4, 0.5) is 0 Å². The maximum absolute atomic E-state index is 12.0. The number of rotatable bonds is 6. The highest BCUT2D eigenvalue weighted by Crippen LogP contribution is 2.14. The molecule has 0 aliphatic heterocycles. The van der Waals surface area contributed by atoms with Gasteiger partial charge in [0.2, 0.25) is 0 Å². The molecule has 0 fully saturated rings. The lowest BCUT2D eigenvalue weighted by atomic mass is 10.2. The van der Waals surface area contributed by atoms with Gasteiger partial charge in [0.15, 0.2) is 12.4 Å². The van der Waals surface area contributed by atoms with Gasteiger partial charge in [-0.05, 0) is 24.3 Å². The molecular weight excluding hydrogens is 330 g/mol. The summed E-state index contributed by atoms with van der Waals surface area (Å²) >= 11 is 5.98. The summed E-state index contributed by atoms with van der Waals surface area (Å²) in [6.45, 7) is 0.300. The van der Waals surface area contributed by atoms with E-state index >= 15 is 0 Å². The van der Waals surface area contributed by atoms with Crippen molar-refractivity contribution >= 4 is 17.5 Å². The van der Waals surface area contributed by atoms with Crippen molar-refractivity contribution in [3.05, 3.63) is 76.9 Å². The minimum absolute atomic E-state index is 0.138. The first-order chi connectivity index (χ1) is 11.7. The molecule has 0 spiro atoms. The fourth-order valence-electron chi connectivity index (χ4n) is 1.98. The average molecular weight is 344 g/mol. The van der Waals surface area contributed by atoms with E-state index in [9.17, 15) is 4.79 Å². The summed E-state index contributed by atoms with van der Waals surface area (Å²) in [6, 6.07) is 16.1. The van der Waals surface area contributed by atoms with Crippen LogP contribution < -0.4 is 10.1 Å². The van der Waals surface area contributed by atoms with Gasteiger partial charge in [-0.1, -0.05) is 47.1 Å². The van der Waals surface area contributed by atoms with Crippen LogP contribution in [-0.4, -0.2) is 16.0 Å². The van der Waals surface area contributed by atoms with E-state index in [1.807, 2.05) is 30.3 Å². The molecule has 0 aliphatic carbocycles. The lowest BCUT2D eigenvalue weighted by Crippen LogP contribution is -2.23. The lowest BCUT2D eigenvalue weighted by molar-refractivity contribution is 0.0950. The number of hydrogen-bond acceptors (Lipinski definition) is 5. The molecule has 0 saturated carbocycles. The Labute approximate surface area is 143 Å². The molecule has 0 saturated heterocycles. The minimum atomic E-state index is -0.299. The monoisotopic (exact) mass is 343 g/mol. The lowest BCUT2D eigenvalue weighted by Gasteiger charge is -2.04. The standard InChI is InChI=1S/C17H14ClN3O3/c18-14-9-5-4-8-13(14)17(22)19-10-15-20-16(24-21-15)11-23-12-6-2-1-3-7-12/h1-9H,10-11H2,(H,19,22). The van der Waals surface area contributed by atoms with Crippen molar-refractivity contribution in [3.63, 3.8) is 0 Å². The third kappa shape index (κ3) is 4.11. The highest BCUT2D eigenvalue weighted by molar-refractivity contribution is 6.33. The zero-order chi connectivity index (χ0) is 16.8. The van der Waals surface area contributed by atoms with E-state index in [2.05, 4.69) is 15.5 Å². The molecule has 1 aromatic heterocycles. The fraction of sp³-hybridized carbons (Fsp3) is 0.118. The molecule has 3 aromatic rings. The Morgan fingerprint density at radius 1 is 1.12 bits per heavy atom. The van der Waals surface area contributed by atoms with Gasteiger partial charge in [-0.25, -0.2) is 0 Å². The highest BCUT2D eigenvalue weighted by atomic mass is 35.5. The summed E-state index contributed by atoms with van der Waals surface area (Å²) in [4.78, 5) is 16.2. The normalized spacial score (nSPS) is 10.4. The van der Waals surface area contributed by atoms with Crippen LogP contribution in [0.5, 0.6) is 5.75 Å². The number of benzene rings is 2. The zero-order valence-corrected chi connectivity index (χ0v) is 13.4. The molecule has 7 heteroatoms. The summed E-state index contributed by atoms with van der Waals surface area (Å²) in [5, 5.41) is 6.89. The van der Waals surface area contributed by atoms with Gasteiger partial charge in [0.25, 0.3) is 11.8 Å². The number of carbonyl (C=O) groups excluding carboxylic acids is 1. The van der Waals surface area contributed by atoms with Crippen LogP contribution in [0.2, 0.25) is 5.02 Å². The van der Waals surface area contributed by atoms with Crippen LogP contribution in [-0.2, 0) is 13.2 Å². The number of nitrogens with one attached hydrogen (secondary N) is 1. The molecule has 3 rings (SSSR count). The van der Waals surface area contributed by atoms with E-state index < -0.39 is 0 Å². The van der Waals surface area contributed by atoms with Gasteiger partial charge in [-0.3, -0.25) is 4.79 Å². The summed E-state index contributed by atoms with van der Waals surface area (Å²) in [5.74, 6) is 1.11. The molecule has 1 amide bonds. The minimum Gasteiger partial charge on any atom is -0.484 e. The molecule has 2 aromatic carbocycles. The third-order valence-corrected chi connectivity index (χ3v) is 3.47. The molecule has 1 heterocycles. The van der Waals surface area contributed by atoms with E-state index in [-0.39, 0.29) is 19.1 Å². The number of nitrogens with zero attached hydrogens (tertiary/aromatic N) is 2. The molecule has 24 heavy (non-hydrogen) atoms. The van der Waals surface area contributed by atoms with Gasteiger partial charge in [0.1, 0.15) is 5.75 Å². The quantitative estimate of drug-likeness (QED) is 0.743. The first-order valence-corrected chi connectivity index (χ1v) is 7.62. The summed E-state index contributed by atoms with van der Waals surface area (Å²) in [7, 11) is 0. The van der Waals surface area contributed by atoms with E-state index in [1.165, 1.54) is 0 Å². The smallest absolute Gasteiger partial charge is 0.264 e. The number of halogens is 1. The van der Waals surface area contributed by atoms with Crippen molar-refractivity contribution in [2.24, 2.45) is 0 Å². The second-order valence-corrected chi connectivity index (χ2v) is 5.28. The van der Waals surface area contributed by atoms with Crippen LogP contribution in [0.15, 0.2) is 59.1 Å². The predicted molar refractivity (Wildman–Crippen MR) is 87.7 cm³/mol. The second-order valence-electron chi connectivity index (χ2n) is 4.87. The number of hydrogen-bond donors (Lipinski definition) is 1. The first-order valence-electron chi connectivity index (χ1n) is 7.24. The van der Waals surface area contributed by atoms with Crippen molar-refractivity contribution in [3.8, 4) is 5.75 Å². The van der Waals surface area contributed by atoms with Crippen LogP contribution in [0.1, 0.15) is 22.1 Å². The molecule has 0 unspecified atom stereocenters. The summed E-state index contributed by atoms with van der Waals surface area (Å²) in [5.41, 5.74) is 0.398. The molecule has 6 nitrogen and oxygen atoms in total. The molecular formula is C17H14ClN3O3. The van der Waals surface area contributed by atoms with Crippen molar-refractivity contribution < 1.29 is 14.1 Å². The van der Waals surface area contributed by atoms with Crippen LogP contribution in [0, 0.1) is 0 Å². The second kappa shape index (κ2) is 7.61. The van der Waals surface area contributed by atoms with E-state index in [4.69, 9.17) is 20.9 Å². The number of carbonyl (C=O) groups is 1. The average Bonchev–Trinajstić information content (AvgIpc) is 3.07. The Bertz CT molecular complexity index is 821. The van der Waals surface area contributed by atoms with Crippen LogP contribution >= 0.6 is 11.6 Å². The van der Waals surface area contributed by atoms with Crippen molar-refractivity contribution in [1.29, 1.82) is 0 Å². The molecule has 0 radical (unpaired) electrons. The maximum Gasteiger partial charge on any atom is 0.264 e. The molecule has 0 bridgehead atoms. The Balaban J connectivity index is 1.53. The van der Waals surface area contributed by atoms with Gasteiger partial charge < -0.3 is 14.6 Å². The maximum atomic E-state index is 12.0. The summed E-state index contributed by atoms with van der Waals surface area (Å²) in [6.07, 6.45) is 0. The van der Waals surface area contributed by atoms with Gasteiger partial charge in [0, 0.05) is 0 Å². The van der Waals surface area contributed by atoms with Gasteiger partial charge >= 0.3 is 0 Å². The Kier molecular flexibility index (Phi) is 5.08. The van der Waals surface area contributed by atoms with E-state index in [0.717, 1.165) is 0 Å². The number of para-hydroxylation sites is 1. The molecule has 122 valence electrons. The topological polar surface area (TPSA) is 77.2 Å². The Morgan fingerprint density at radius 2 is 1.88 bits per heavy atom. The Morgan fingerprint density at radius 3 is 2.67 bits per heavy atom. The van der Waals surface area contributed by atoms with Gasteiger partial charge in [-0.15, -0.1) is 0 Å². The van der Waals surface area contributed by atoms with Gasteiger partial charge in [-0.2, -0.15) is 4.98 Å². The number of aromatic nitrogens is 2. The van der Waals surface area contributed by atoms with Crippen LogP contribution in [0.3, 0.4) is 0 Å². The Hall–Kier alpha value is -2.86. The largest absolute Gasteiger partial charge is 0.484 e. The third-order valence-electron chi connectivity index (χ3n) is 3.14. The number of amides is 1. The van der Waals surface area contributed by atoms with Crippen LogP contribution in [0.25, 0.3) is 0 Å². The van der Waals surface area contributed by atoms with Gasteiger partial charge in [0.05, 0.1) is 17.1 Å². The SMILES string of the molecule is O=C(NCc1noc(COc2ccccc2)n1)c1ccccc1Cl. The predicted octanol–water partition coefficient (Wildman–Crippen LogP) is 3.23. The van der Waals surface area contributed by atoms with Crippen molar-refractivity contribution in [1.82, 2.24) is 15.5 Å². The summed E-state index contributed by atoms with van der Waals surface area (Å²) < 4.78 is 10.6. The van der Waals surface area contributed by atoms with E-state index in [0.29, 0.717) is 28.1 Å². The molecule has 1 N–H and O–H groups in total. The first kappa shape index (κ1) is 16.0. The number of ether oxygens (including phenoxy) is 1. The van der Waals surface area contributed by atoms with Crippen molar-refractivity contribution in [2.75, 3.05) is 0 Å². The molecule has 0 aliphatic rings. The fourth-order valence-corrected chi connectivity index (χ4v) is 2.20. The van der Waals surface area contributed by atoms with E-state index in [1.54, 1.807) is 24.3 Å². The highest BCUT2D eigenvalue weighted by Gasteiger charge is 2.12. The zero-order valence-electron chi connectivity index (χ0n) is 12.6. The van der Waals surface area contributed by atoms with Crippen molar-refractivity contribution in [2.45, 2.75) is 13.2 Å². The molecule has 0 atom stereocenters.